The van der Waals surface area contributed by atoms with Gasteiger partial charge in [0.2, 0.25) is 0 Å². The Kier molecular flexibility index (Phi) is 4.20. The molecule has 2 atom stereocenters. The summed E-state index contributed by atoms with van der Waals surface area (Å²) in [5.41, 5.74) is 0. The van der Waals surface area contributed by atoms with E-state index in [1.165, 1.54) is 0 Å². The lowest BCUT2D eigenvalue weighted by atomic mass is 9.81. The van der Waals surface area contributed by atoms with Crippen LogP contribution in [0.4, 0.5) is 0 Å². The van der Waals surface area contributed by atoms with Crippen LogP contribution in [-0.2, 0) is 0 Å². The third-order valence-corrected chi connectivity index (χ3v) is 4.76. The van der Waals surface area contributed by atoms with Crippen LogP contribution in [0.2, 0.25) is 5.02 Å². The Bertz CT molecular complexity index is 452. The van der Waals surface area contributed by atoms with Crippen LogP contribution >= 0.6 is 11.6 Å². The molecule has 0 saturated carbocycles. The summed E-state index contributed by atoms with van der Waals surface area (Å²) >= 11 is 6.06. The zero-order valence-electron chi connectivity index (χ0n) is 12.3. The highest BCUT2D eigenvalue weighted by Crippen LogP contribution is 2.32. The molecule has 2 bridgehead atoms. The van der Waals surface area contributed by atoms with Crippen molar-refractivity contribution in [3.63, 3.8) is 0 Å². The highest BCUT2D eigenvalue weighted by atomic mass is 35.5. The zero-order chi connectivity index (χ0) is 14.1. The van der Waals surface area contributed by atoms with Gasteiger partial charge in [-0.05, 0) is 31.8 Å². The average molecular weight is 295 g/mol. The molecule has 1 aromatic rings. The fourth-order valence-electron chi connectivity index (χ4n) is 3.68. The molecule has 2 heterocycles. The Morgan fingerprint density at radius 3 is 2.50 bits per heavy atom. The molecule has 2 fully saturated rings. The molecular weight excluding hydrogens is 272 g/mol. The maximum absolute atomic E-state index is 6.31. The quantitative estimate of drug-likeness (QED) is 0.852. The number of ether oxygens (including phenoxy) is 1. The summed E-state index contributed by atoms with van der Waals surface area (Å²) in [6.45, 7) is 7.92. The number of nitrogens with zero attached hydrogens (tertiary/aromatic N) is 2. The topological polar surface area (TPSA) is 15.7 Å². The Hall–Kier alpha value is -0.770. The Morgan fingerprint density at radius 1 is 1.20 bits per heavy atom. The summed E-state index contributed by atoms with van der Waals surface area (Å²) in [5.74, 6) is 2.09. The number of hydrogen-bond acceptors (Lipinski definition) is 3. The molecule has 0 N–H and O–H groups in total. The van der Waals surface area contributed by atoms with Crippen LogP contribution < -0.4 is 4.74 Å². The van der Waals surface area contributed by atoms with Gasteiger partial charge < -0.3 is 14.5 Å². The highest BCUT2D eigenvalue weighted by Gasteiger charge is 2.42. The van der Waals surface area contributed by atoms with Crippen molar-refractivity contribution in [1.82, 2.24) is 9.80 Å². The lowest BCUT2D eigenvalue weighted by Gasteiger charge is -2.49. The van der Waals surface area contributed by atoms with Gasteiger partial charge in [0.25, 0.3) is 0 Å². The van der Waals surface area contributed by atoms with Crippen molar-refractivity contribution in [3.8, 4) is 5.75 Å². The van der Waals surface area contributed by atoms with Crippen molar-refractivity contribution in [3.05, 3.63) is 29.3 Å². The van der Waals surface area contributed by atoms with E-state index in [-0.39, 0.29) is 0 Å². The molecule has 0 aliphatic carbocycles. The van der Waals surface area contributed by atoms with Crippen LogP contribution in [0, 0.1) is 11.8 Å². The average Bonchev–Trinajstić information content (AvgIpc) is 2.39. The minimum atomic E-state index is 0.326. The second-order valence-corrected chi connectivity index (χ2v) is 6.57. The van der Waals surface area contributed by atoms with E-state index in [2.05, 4.69) is 23.8 Å². The summed E-state index contributed by atoms with van der Waals surface area (Å²) in [7, 11) is 2.22. The smallest absolute Gasteiger partial charge is 0.121 e. The van der Waals surface area contributed by atoms with Crippen LogP contribution in [0.25, 0.3) is 0 Å². The SMILES string of the molecule is CCN1CC2CN(C)CC(C1)C2Oc1cccc(Cl)c1. The maximum atomic E-state index is 6.31. The van der Waals surface area contributed by atoms with Gasteiger partial charge in [-0.2, -0.15) is 0 Å². The van der Waals surface area contributed by atoms with Gasteiger partial charge in [-0.1, -0.05) is 24.6 Å². The van der Waals surface area contributed by atoms with Gasteiger partial charge in [0.05, 0.1) is 0 Å². The van der Waals surface area contributed by atoms with E-state index in [1.807, 2.05) is 24.3 Å². The normalized spacial score (nSPS) is 31.2. The van der Waals surface area contributed by atoms with Crippen molar-refractivity contribution < 1.29 is 4.74 Å². The predicted molar refractivity (Wildman–Crippen MR) is 82.5 cm³/mol. The van der Waals surface area contributed by atoms with Crippen molar-refractivity contribution in [2.45, 2.75) is 13.0 Å². The lowest BCUT2D eigenvalue weighted by Crippen LogP contribution is -2.61. The van der Waals surface area contributed by atoms with Gasteiger partial charge in [-0.15, -0.1) is 0 Å². The molecule has 2 aliphatic heterocycles. The molecule has 2 saturated heterocycles. The first-order valence-corrected chi connectivity index (χ1v) is 7.86. The number of halogens is 1. The highest BCUT2D eigenvalue weighted by molar-refractivity contribution is 6.30. The largest absolute Gasteiger partial charge is 0.490 e. The van der Waals surface area contributed by atoms with Crippen molar-refractivity contribution in [2.24, 2.45) is 11.8 Å². The maximum Gasteiger partial charge on any atom is 0.121 e. The van der Waals surface area contributed by atoms with Crippen molar-refractivity contribution >= 4 is 11.6 Å². The third-order valence-electron chi connectivity index (χ3n) is 4.52. The van der Waals surface area contributed by atoms with Gasteiger partial charge >= 0.3 is 0 Å². The second kappa shape index (κ2) is 5.92. The standard InChI is InChI=1S/C16H23ClN2O/c1-3-19-10-12-8-18(2)9-13(11-19)16(12)20-15-6-4-5-14(17)7-15/h4-7,12-13,16H,3,8-11H2,1-2H3. The molecule has 0 spiro atoms. The minimum absolute atomic E-state index is 0.326. The van der Waals surface area contributed by atoms with E-state index < -0.39 is 0 Å². The van der Waals surface area contributed by atoms with E-state index in [0.717, 1.165) is 43.5 Å². The molecule has 3 rings (SSSR count). The first kappa shape index (κ1) is 14.2. The van der Waals surface area contributed by atoms with Crippen LogP contribution in [0.15, 0.2) is 24.3 Å². The Morgan fingerprint density at radius 2 is 1.90 bits per heavy atom. The van der Waals surface area contributed by atoms with Crippen molar-refractivity contribution in [2.75, 3.05) is 39.8 Å². The summed E-state index contributed by atoms with van der Waals surface area (Å²) < 4.78 is 6.31. The number of benzene rings is 1. The van der Waals surface area contributed by atoms with Crippen LogP contribution in [-0.4, -0.2) is 55.7 Å². The fraction of sp³-hybridized carbons (Fsp3) is 0.625. The second-order valence-electron chi connectivity index (χ2n) is 6.13. The molecule has 0 radical (unpaired) electrons. The molecule has 20 heavy (non-hydrogen) atoms. The molecule has 2 aliphatic rings. The van der Waals surface area contributed by atoms with Crippen LogP contribution in [0.1, 0.15) is 6.92 Å². The molecule has 3 nitrogen and oxygen atoms in total. The van der Waals surface area contributed by atoms with E-state index in [1.54, 1.807) is 0 Å². The Labute approximate surface area is 126 Å². The zero-order valence-corrected chi connectivity index (χ0v) is 13.0. The van der Waals surface area contributed by atoms with Gasteiger partial charge in [0.1, 0.15) is 11.9 Å². The predicted octanol–water partition coefficient (Wildman–Crippen LogP) is 2.60. The van der Waals surface area contributed by atoms with Gasteiger partial charge in [-0.25, -0.2) is 0 Å². The van der Waals surface area contributed by atoms with E-state index >= 15 is 0 Å². The summed E-state index contributed by atoms with van der Waals surface area (Å²) in [4.78, 5) is 5.00. The monoisotopic (exact) mass is 294 g/mol. The number of rotatable bonds is 3. The molecular formula is C16H23ClN2O. The van der Waals surface area contributed by atoms with Gasteiger partial charge in [0.15, 0.2) is 0 Å². The van der Waals surface area contributed by atoms with E-state index in [9.17, 15) is 0 Å². The molecule has 110 valence electrons. The number of hydrogen-bond donors (Lipinski definition) is 0. The number of piperidine rings is 2. The van der Waals surface area contributed by atoms with Crippen LogP contribution in [0.3, 0.4) is 0 Å². The first-order valence-electron chi connectivity index (χ1n) is 7.49. The van der Waals surface area contributed by atoms with Crippen LogP contribution in [0.5, 0.6) is 5.75 Å². The first-order chi connectivity index (χ1) is 9.65. The molecule has 0 amide bonds. The summed E-state index contributed by atoms with van der Waals surface area (Å²) in [5, 5.41) is 0.746. The molecule has 1 aromatic carbocycles. The molecule has 0 aromatic heterocycles. The molecule has 4 heteroatoms. The van der Waals surface area contributed by atoms with Crippen molar-refractivity contribution in [1.29, 1.82) is 0 Å². The number of likely N-dealkylation sites (tertiary alicyclic amines) is 2. The lowest BCUT2D eigenvalue weighted by molar-refractivity contribution is -0.0572. The fourth-order valence-corrected chi connectivity index (χ4v) is 3.86. The van der Waals surface area contributed by atoms with Gasteiger partial charge in [-0.3, -0.25) is 0 Å². The number of fused-ring (bicyclic) bond motifs is 2. The minimum Gasteiger partial charge on any atom is -0.490 e. The van der Waals surface area contributed by atoms with E-state index in [4.69, 9.17) is 16.3 Å². The van der Waals surface area contributed by atoms with Gasteiger partial charge in [0, 0.05) is 43.0 Å². The summed E-state index contributed by atoms with van der Waals surface area (Å²) in [6.07, 6.45) is 0.326. The Balaban J connectivity index is 1.75. The third kappa shape index (κ3) is 2.95. The van der Waals surface area contributed by atoms with E-state index in [0.29, 0.717) is 17.9 Å². The molecule has 2 unspecified atom stereocenters. The summed E-state index contributed by atoms with van der Waals surface area (Å²) in [6, 6.07) is 7.79.